The van der Waals surface area contributed by atoms with E-state index in [1.54, 1.807) is 43.5 Å². The van der Waals surface area contributed by atoms with Gasteiger partial charge in [-0.05, 0) is 27.6 Å². The molecule has 2 aromatic heterocycles. The number of aromatic carboxylic acids is 1. The van der Waals surface area contributed by atoms with E-state index in [4.69, 9.17) is 5.26 Å². The molecule has 0 fully saturated rings. The molecule has 0 atom stereocenters. The molecule has 0 aliphatic heterocycles. The third-order valence-electron chi connectivity index (χ3n) is 3.79. The van der Waals surface area contributed by atoms with Crippen molar-refractivity contribution in [3.05, 3.63) is 97.6 Å². The number of carbonyl (C=O) groups is 1. The first-order chi connectivity index (χ1) is 14.7. The van der Waals surface area contributed by atoms with Gasteiger partial charge in [-0.2, -0.15) is 5.26 Å². The van der Waals surface area contributed by atoms with Gasteiger partial charge in [-0.3, -0.25) is 0 Å². The number of carboxylic acids is 1. The quantitative estimate of drug-likeness (QED) is 0.265. The molecule has 0 radical (unpaired) electrons. The summed E-state index contributed by atoms with van der Waals surface area (Å²) in [5, 5.41) is 21.9. The van der Waals surface area contributed by atoms with Gasteiger partial charge in [-0.25, -0.2) is 9.97 Å². The van der Waals surface area contributed by atoms with E-state index in [1.165, 1.54) is 6.92 Å². The van der Waals surface area contributed by atoms with Crippen molar-refractivity contribution in [1.29, 1.82) is 5.26 Å². The van der Waals surface area contributed by atoms with Crippen molar-refractivity contribution < 1.29 is 32.3 Å². The van der Waals surface area contributed by atoms with Crippen LogP contribution in [0.2, 0.25) is 0 Å². The first-order valence-electron chi connectivity index (χ1n) is 8.97. The smallest absolute Gasteiger partial charge is 0.545 e. The van der Waals surface area contributed by atoms with Crippen LogP contribution in [-0.4, -0.2) is 25.9 Å². The summed E-state index contributed by atoms with van der Waals surface area (Å²) >= 11 is 0. The Morgan fingerprint density at radius 1 is 0.903 bits per heavy atom. The fraction of sp³-hybridized carbons (Fsp3) is 0.0435. The molecular formula is C23H20AgN5O2. The molecule has 160 valence electrons. The predicted octanol–water partition coefficient (Wildman–Crippen LogP) is 3.70. The molecule has 2 N–H and O–H groups in total. The zero-order valence-electron chi connectivity index (χ0n) is 16.6. The van der Waals surface area contributed by atoms with E-state index >= 15 is 0 Å². The Morgan fingerprint density at radius 2 is 1.32 bits per heavy atom. The molecule has 0 unspecified atom stereocenters. The Hall–Kier alpha value is -3.70. The summed E-state index contributed by atoms with van der Waals surface area (Å²) < 4.78 is 0. The average Bonchev–Trinajstić information content (AvgIpc) is 3.51. The number of aromatic nitrogens is 4. The number of carbonyl (C=O) groups excluding carboxylic acids is 1. The molecule has 0 aliphatic carbocycles. The van der Waals surface area contributed by atoms with E-state index in [0.717, 1.165) is 21.5 Å². The summed E-state index contributed by atoms with van der Waals surface area (Å²) in [5.41, 5.74) is 0.277. The number of benzene rings is 3. The van der Waals surface area contributed by atoms with Crippen molar-refractivity contribution in [2.75, 3.05) is 0 Å². The molecule has 0 bridgehead atoms. The van der Waals surface area contributed by atoms with E-state index < -0.39 is 5.97 Å². The van der Waals surface area contributed by atoms with Gasteiger partial charge in [0.25, 0.3) is 0 Å². The largest absolute Gasteiger partial charge is 1.00 e. The van der Waals surface area contributed by atoms with Crippen LogP contribution in [-0.2, 0) is 22.4 Å². The summed E-state index contributed by atoms with van der Waals surface area (Å²) in [6.07, 6.45) is 10.2. The molecule has 0 amide bonds. The minimum absolute atomic E-state index is 0. The van der Waals surface area contributed by atoms with Crippen molar-refractivity contribution in [3.63, 3.8) is 0 Å². The Morgan fingerprint density at radius 3 is 1.61 bits per heavy atom. The third kappa shape index (κ3) is 7.91. The summed E-state index contributed by atoms with van der Waals surface area (Å²) in [7, 11) is 0. The van der Waals surface area contributed by atoms with Gasteiger partial charge in [0.15, 0.2) is 0 Å². The summed E-state index contributed by atoms with van der Waals surface area (Å²) in [4.78, 5) is 24.2. The van der Waals surface area contributed by atoms with Crippen LogP contribution in [0.25, 0.3) is 21.5 Å². The van der Waals surface area contributed by atoms with Gasteiger partial charge in [0, 0.05) is 37.3 Å². The molecule has 31 heavy (non-hydrogen) atoms. The molecule has 8 heteroatoms. The first-order valence-corrected chi connectivity index (χ1v) is 8.97. The number of hydrogen-bond acceptors (Lipinski definition) is 5. The molecule has 5 rings (SSSR count). The Labute approximate surface area is 195 Å². The van der Waals surface area contributed by atoms with Crippen LogP contribution in [0.5, 0.6) is 0 Å². The van der Waals surface area contributed by atoms with E-state index in [-0.39, 0.29) is 27.9 Å². The number of imidazole rings is 2. The fourth-order valence-corrected chi connectivity index (χ4v) is 2.66. The summed E-state index contributed by atoms with van der Waals surface area (Å²) in [6, 6.07) is 18.7. The molecule has 7 nitrogen and oxygen atoms in total. The van der Waals surface area contributed by atoms with E-state index in [2.05, 4.69) is 19.9 Å². The topological polar surface area (TPSA) is 121 Å². The van der Waals surface area contributed by atoms with Gasteiger partial charge in [0.05, 0.1) is 24.7 Å². The number of H-pyrrole nitrogens is 2. The molecule has 0 saturated carbocycles. The van der Waals surface area contributed by atoms with Crippen LogP contribution in [0.4, 0.5) is 0 Å². The second-order valence-corrected chi connectivity index (χ2v) is 5.73. The molecule has 0 saturated heterocycles. The normalized spacial score (nSPS) is 8.77. The number of fused-ring (bicyclic) bond motifs is 2. The molecule has 3 aromatic carbocycles. The van der Waals surface area contributed by atoms with Crippen molar-refractivity contribution in [1.82, 2.24) is 19.9 Å². The summed E-state index contributed by atoms with van der Waals surface area (Å²) in [5.74, 6) is -1.13. The third-order valence-corrected chi connectivity index (χ3v) is 3.79. The maximum atomic E-state index is 11.3. The van der Waals surface area contributed by atoms with Crippen molar-refractivity contribution in [2.45, 2.75) is 6.92 Å². The second kappa shape index (κ2) is 14.3. The number of nitrogens with one attached hydrogen (secondary N) is 2. The van der Waals surface area contributed by atoms with Crippen LogP contribution < -0.4 is 5.11 Å². The van der Waals surface area contributed by atoms with Crippen molar-refractivity contribution in [3.8, 4) is 6.07 Å². The molecule has 0 aliphatic rings. The van der Waals surface area contributed by atoms with Crippen LogP contribution >= 0.6 is 0 Å². The minimum Gasteiger partial charge on any atom is -0.545 e. The van der Waals surface area contributed by atoms with Gasteiger partial charge in [0.2, 0.25) is 0 Å². The van der Waals surface area contributed by atoms with Gasteiger partial charge < -0.3 is 19.9 Å². The van der Waals surface area contributed by atoms with Gasteiger partial charge >= 0.3 is 22.4 Å². The summed E-state index contributed by atoms with van der Waals surface area (Å²) in [6.45, 7) is 1.43. The number of rotatable bonds is 1. The van der Waals surface area contributed by atoms with Crippen LogP contribution in [0.1, 0.15) is 17.3 Å². The molecule has 2 heterocycles. The Balaban J connectivity index is 0.000000281. The standard InChI is InChI=1S/C15H10O2.2C3H4N2.C2H3N.Ag/c16-15(17)14-12-7-3-1-5-10(12)9-11-6-2-4-8-13(11)14;2*1-2-5-3-4-1;1-2-3;/h1-9H,(H,16,17);2*1-3H,(H,4,5);1H3;/q;;;;+1/p-1. The number of nitrogens with zero attached hydrogens (tertiary/aromatic N) is 3. The van der Waals surface area contributed by atoms with E-state index in [0.29, 0.717) is 0 Å². The van der Waals surface area contributed by atoms with E-state index in [9.17, 15) is 9.90 Å². The number of carboxylic acid groups (broad SMARTS) is 1. The van der Waals surface area contributed by atoms with E-state index in [1.807, 2.05) is 54.6 Å². The average molecular weight is 506 g/mol. The maximum absolute atomic E-state index is 11.3. The zero-order valence-corrected chi connectivity index (χ0v) is 18.1. The SMILES string of the molecule is CC#N.O=C([O-])c1c2ccccc2cc2ccccc12.[Ag+].c1c[nH]cn1.c1c[nH]cn1. The number of aromatic amines is 2. The van der Waals surface area contributed by atoms with Gasteiger partial charge in [-0.15, -0.1) is 0 Å². The van der Waals surface area contributed by atoms with Crippen LogP contribution in [0.15, 0.2) is 92.0 Å². The fourth-order valence-electron chi connectivity index (χ4n) is 2.66. The van der Waals surface area contributed by atoms with Crippen LogP contribution in [0, 0.1) is 11.3 Å². The number of hydrogen-bond donors (Lipinski definition) is 2. The second-order valence-electron chi connectivity index (χ2n) is 5.73. The first kappa shape index (κ1) is 25.3. The van der Waals surface area contributed by atoms with Crippen molar-refractivity contribution >= 4 is 27.5 Å². The van der Waals surface area contributed by atoms with Gasteiger partial charge in [-0.1, -0.05) is 48.5 Å². The van der Waals surface area contributed by atoms with Crippen molar-refractivity contribution in [2.24, 2.45) is 0 Å². The zero-order chi connectivity index (χ0) is 21.6. The monoisotopic (exact) mass is 505 g/mol. The van der Waals surface area contributed by atoms with Crippen LogP contribution in [0.3, 0.4) is 0 Å². The Kier molecular flexibility index (Phi) is 11.7. The number of nitriles is 1. The minimum atomic E-state index is -1.13. The predicted molar refractivity (Wildman–Crippen MR) is 114 cm³/mol. The molecule has 5 aromatic rings. The molecular weight excluding hydrogens is 486 g/mol. The maximum Gasteiger partial charge on any atom is 1.00 e. The molecule has 0 spiro atoms. The Bertz CT molecular complexity index is 1090. The van der Waals surface area contributed by atoms with Gasteiger partial charge in [0.1, 0.15) is 0 Å².